The van der Waals surface area contributed by atoms with Gasteiger partial charge < -0.3 is 16.2 Å². The zero-order valence-electron chi connectivity index (χ0n) is 8.63. The number of nitrogens with two attached hydrogens (primary N) is 1. The molecule has 0 aliphatic heterocycles. The van der Waals surface area contributed by atoms with E-state index in [0.29, 0.717) is 19.4 Å². The van der Waals surface area contributed by atoms with Crippen molar-refractivity contribution >= 4 is 5.91 Å². The van der Waals surface area contributed by atoms with E-state index >= 15 is 0 Å². The standard InChI is InChI=1S/C9H20N2O2/c1-7(12)9(2,3)11-8(13)5-4-6-10/h7,12H,4-6,10H2,1-3H3,(H,11,13). The summed E-state index contributed by atoms with van der Waals surface area (Å²) in [4.78, 5) is 11.2. The van der Waals surface area contributed by atoms with E-state index in [1.807, 2.05) is 0 Å². The van der Waals surface area contributed by atoms with Gasteiger partial charge in [-0.15, -0.1) is 0 Å². The molecule has 4 nitrogen and oxygen atoms in total. The smallest absolute Gasteiger partial charge is 0.220 e. The number of carbonyl (C=O) groups is 1. The van der Waals surface area contributed by atoms with Gasteiger partial charge in [0.05, 0.1) is 11.6 Å². The van der Waals surface area contributed by atoms with Gasteiger partial charge in [-0.1, -0.05) is 0 Å². The van der Waals surface area contributed by atoms with Gasteiger partial charge in [0.1, 0.15) is 0 Å². The zero-order valence-corrected chi connectivity index (χ0v) is 8.63. The Kier molecular flexibility index (Phi) is 4.95. The maximum Gasteiger partial charge on any atom is 0.220 e. The molecule has 0 radical (unpaired) electrons. The average molecular weight is 188 g/mol. The monoisotopic (exact) mass is 188 g/mol. The van der Waals surface area contributed by atoms with E-state index in [1.54, 1.807) is 20.8 Å². The maximum atomic E-state index is 11.2. The first-order valence-corrected chi connectivity index (χ1v) is 4.59. The number of rotatable bonds is 5. The van der Waals surface area contributed by atoms with Gasteiger partial charge in [-0.3, -0.25) is 4.79 Å². The lowest BCUT2D eigenvalue weighted by Gasteiger charge is -2.29. The Morgan fingerprint density at radius 1 is 1.62 bits per heavy atom. The first-order valence-electron chi connectivity index (χ1n) is 4.59. The average Bonchev–Trinajstić information content (AvgIpc) is 1.99. The van der Waals surface area contributed by atoms with Crippen LogP contribution in [-0.4, -0.2) is 29.2 Å². The second kappa shape index (κ2) is 5.19. The molecule has 13 heavy (non-hydrogen) atoms. The summed E-state index contributed by atoms with van der Waals surface area (Å²) in [5.74, 6) is -0.0589. The fraction of sp³-hybridized carbons (Fsp3) is 0.889. The molecule has 78 valence electrons. The highest BCUT2D eigenvalue weighted by Gasteiger charge is 2.25. The van der Waals surface area contributed by atoms with Gasteiger partial charge in [-0.2, -0.15) is 0 Å². The van der Waals surface area contributed by atoms with Gasteiger partial charge in [0.25, 0.3) is 0 Å². The molecule has 0 aliphatic carbocycles. The fourth-order valence-corrected chi connectivity index (χ4v) is 0.789. The third-order valence-electron chi connectivity index (χ3n) is 2.11. The summed E-state index contributed by atoms with van der Waals surface area (Å²) in [6.45, 7) is 5.75. The molecule has 0 spiro atoms. The predicted octanol–water partition coefficient (Wildman–Crippen LogP) is 0.000900. The minimum Gasteiger partial charge on any atom is -0.391 e. The number of hydrogen-bond acceptors (Lipinski definition) is 3. The van der Waals surface area contributed by atoms with Crippen LogP contribution in [0.2, 0.25) is 0 Å². The number of aliphatic hydroxyl groups excluding tert-OH is 1. The van der Waals surface area contributed by atoms with Gasteiger partial charge in [0, 0.05) is 6.42 Å². The quantitative estimate of drug-likeness (QED) is 0.568. The predicted molar refractivity (Wildman–Crippen MR) is 52.2 cm³/mol. The minimum atomic E-state index is -0.564. The lowest BCUT2D eigenvalue weighted by molar-refractivity contribution is -0.124. The topological polar surface area (TPSA) is 75.3 Å². The Morgan fingerprint density at radius 2 is 2.15 bits per heavy atom. The van der Waals surface area contributed by atoms with Crippen LogP contribution in [0.5, 0.6) is 0 Å². The molecule has 0 saturated heterocycles. The number of nitrogens with one attached hydrogen (secondary N) is 1. The second-order valence-corrected chi connectivity index (χ2v) is 3.84. The largest absolute Gasteiger partial charge is 0.391 e. The van der Waals surface area contributed by atoms with E-state index in [1.165, 1.54) is 0 Å². The fourth-order valence-electron chi connectivity index (χ4n) is 0.789. The Morgan fingerprint density at radius 3 is 2.54 bits per heavy atom. The minimum absolute atomic E-state index is 0.0589. The van der Waals surface area contributed by atoms with Crippen LogP contribution in [0, 0.1) is 0 Å². The van der Waals surface area contributed by atoms with E-state index in [4.69, 9.17) is 5.73 Å². The molecule has 1 unspecified atom stereocenters. The highest BCUT2D eigenvalue weighted by atomic mass is 16.3. The highest BCUT2D eigenvalue weighted by Crippen LogP contribution is 2.08. The first kappa shape index (κ1) is 12.4. The molecule has 0 fully saturated rings. The molecule has 1 atom stereocenters. The van der Waals surface area contributed by atoms with Gasteiger partial charge in [-0.05, 0) is 33.7 Å². The van der Waals surface area contributed by atoms with Crippen LogP contribution < -0.4 is 11.1 Å². The van der Waals surface area contributed by atoms with Crippen molar-refractivity contribution in [1.82, 2.24) is 5.32 Å². The van der Waals surface area contributed by atoms with Crippen molar-refractivity contribution in [2.24, 2.45) is 5.73 Å². The van der Waals surface area contributed by atoms with Crippen LogP contribution in [0.15, 0.2) is 0 Å². The van der Waals surface area contributed by atoms with Crippen molar-refractivity contribution in [2.45, 2.75) is 45.3 Å². The van der Waals surface area contributed by atoms with Crippen molar-refractivity contribution in [3.8, 4) is 0 Å². The molecule has 4 heteroatoms. The molecule has 0 saturated carbocycles. The molecule has 1 amide bonds. The molecule has 0 aromatic carbocycles. The van der Waals surface area contributed by atoms with Crippen molar-refractivity contribution in [2.75, 3.05) is 6.54 Å². The summed E-state index contributed by atoms with van der Waals surface area (Å²) in [5, 5.41) is 12.1. The second-order valence-electron chi connectivity index (χ2n) is 3.84. The lowest BCUT2D eigenvalue weighted by atomic mass is 9.98. The van der Waals surface area contributed by atoms with E-state index < -0.39 is 11.6 Å². The summed E-state index contributed by atoms with van der Waals surface area (Å²) in [7, 11) is 0. The lowest BCUT2D eigenvalue weighted by Crippen LogP contribution is -2.50. The number of aliphatic hydroxyl groups is 1. The van der Waals surface area contributed by atoms with Crippen LogP contribution in [0.25, 0.3) is 0 Å². The molecule has 0 rings (SSSR count). The van der Waals surface area contributed by atoms with Crippen LogP contribution in [-0.2, 0) is 4.79 Å². The van der Waals surface area contributed by atoms with Crippen molar-refractivity contribution in [3.63, 3.8) is 0 Å². The van der Waals surface area contributed by atoms with Crippen molar-refractivity contribution in [1.29, 1.82) is 0 Å². The van der Waals surface area contributed by atoms with Crippen molar-refractivity contribution in [3.05, 3.63) is 0 Å². The summed E-state index contributed by atoms with van der Waals surface area (Å²) >= 11 is 0. The van der Waals surface area contributed by atoms with Crippen LogP contribution in [0.4, 0.5) is 0 Å². The Balaban J connectivity index is 3.90. The maximum absolute atomic E-state index is 11.2. The van der Waals surface area contributed by atoms with E-state index in [-0.39, 0.29) is 5.91 Å². The van der Waals surface area contributed by atoms with Gasteiger partial charge in [-0.25, -0.2) is 0 Å². The normalized spacial score (nSPS) is 13.9. The molecular weight excluding hydrogens is 168 g/mol. The molecule has 0 bridgehead atoms. The van der Waals surface area contributed by atoms with Crippen LogP contribution in [0.1, 0.15) is 33.6 Å². The SMILES string of the molecule is CC(O)C(C)(C)NC(=O)CCCN. The Hall–Kier alpha value is -0.610. The molecule has 0 aromatic rings. The summed E-state index contributed by atoms with van der Waals surface area (Å²) in [6.07, 6.45) is 0.545. The molecule has 4 N–H and O–H groups in total. The van der Waals surface area contributed by atoms with E-state index in [9.17, 15) is 9.90 Å². The van der Waals surface area contributed by atoms with E-state index in [2.05, 4.69) is 5.32 Å². The van der Waals surface area contributed by atoms with Gasteiger partial charge in [0.15, 0.2) is 0 Å². The molecule has 0 aliphatic rings. The van der Waals surface area contributed by atoms with Crippen LogP contribution in [0.3, 0.4) is 0 Å². The Bertz CT molecular complexity index is 167. The third kappa shape index (κ3) is 4.85. The third-order valence-corrected chi connectivity index (χ3v) is 2.11. The first-order chi connectivity index (χ1) is 5.90. The number of hydrogen-bond donors (Lipinski definition) is 3. The number of carbonyl (C=O) groups excluding carboxylic acids is 1. The summed E-state index contributed by atoms with van der Waals surface area (Å²) in [6, 6.07) is 0. The zero-order chi connectivity index (χ0) is 10.5. The van der Waals surface area contributed by atoms with Crippen molar-refractivity contribution < 1.29 is 9.90 Å². The molecular formula is C9H20N2O2. The summed E-state index contributed by atoms with van der Waals surface area (Å²) in [5.41, 5.74) is 4.71. The highest BCUT2D eigenvalue weighted by molar-refractivity contribution is 5.76. The molecule has 0 aromatic heterocycles. The van der Waals surface area contributed by atoms with Crippen LogP contribution >= 0.6 is 0 Å². The number of amides is 1. The summed E-state index contributed by atoms with van der Waals surface area (Å²) < 4.78 is 0. The van der Waals surface area contributed by atoms with Gasteiger partial charge in [0.2, 0.25) is 5.91 Å². The van der Waals surface area contributed by atoms with Gasteiger partial charge >= 0.3 is 0 Å². The Labute approximate surface area is 79.5 Å². The molecule has 0 heterocycles. The van der Waals surface area contributed by atoms with E-state index in [0.717, 1.165) is 0 Å².